The van der Waals surface area contributed by atoms with Gasteiger partial charge in [0.25, 0.3) is 0 Å². The third-order valence-electron chi connectivity index (χ3n) is 3.66. The van der Waals surface area contributed by atoms with Crippen molar-refractivity contribution < 1.29 is 0 Å². The molecule has 0 aliphatic heterocycles. The summed E-state index contributed by atoms with van der Waals surface area (Å²) in [4.78, 5) is 3.72. The van der Waals surface area contributed by atoms with Crippen LogP contribution in [0.2, 0.25) is 0 Å². The first kappa shape index (κ1) is 12.2. The summed E-state index contributed by atoms with van der Waals surface area (Å²) in [5.74, 6) is 0. The Morgan fingerprint density at radius 2 is 1.75 bits per heavy atom. The molecule has 3 heteroatoms. The molecule has 0 aliphatic rings. The van der Waals surface area contributed by atoms with Gasteiger partial charge < -0.3 is 4.98 Å². The van der Waals surface area contributed by atoms with Gasteiger partial charge >= 0.3 is 0 Å². The monoisotopic (exact) mass is 341 g/mol. The molecule has 2 heterocycles. The molecule has 1 N–H and O–H groups in total. The van der Waals surface area contributed by atoms with Gasteiger partial charge in [0.15, 0.2) is 0 Å². The van der Waals surface area contributed by atoms with Crippen LogP contribution in [0.4, 0.5) is 0 Å². The maximum absolute atomic E-state index is 3.81. The first-order valence-electron chi connectivity index (χ1n) is 6.49. The molecule has 0 spiro atoms. The molecule has 1 nitrogen and oxygen atoms in total. The fraction of sp³-hybridized carbons (Fsp3) is 0.0588. The molecule has 0 saturated heterocycles. The van der Waals surface area contributed by atoms with Crippen LogP contribution in [-0.2, 0) is 0 Å². The van der Waals surface area contributed by atoms with Crippen molar-refractivity contribution in [3.63, 3.8) is 0 Å². The summed E-state index contributed by atoms with van der Waals surface area (Å²) in [6.07, 6.45) is 0. The van der Waals surface area contributed by atoms with Gasteiger partial charge in [-0.25, -0.2) is 0 Å². The Kier molecular flexibility index (Phi) is 2.90. The standard InChI is InChI=1S/C17H12BrNS/c18-17(12-7-8-20-10-12)11-5-6-16-14(9-11)13-3-1-2-4-15(13)19-16/h1-10,17,19H. The van der Waals surface area contributed by atoms with Crippen LogP contribution in [0.3, 0.4) is 0 Å². The van der Waals surface area contributed by atoms with E-state index in [-0.39, 0.29) is 4.83 Å². The summed E-state index contributed by atoms with van der Waals surface area (Å²) >= 11 is 5.54. The Bertz CT molecular complexity index is 876. The topological polar surface area (TPSA) is 15.8 Å². The SMILES string of the molecule is BrC(c1ccsc1)c1ccc2[nH]c3ccccc3c2c1. The fourth-order valence-electron chi connectivity index (χ4n) is 2.64. The fourth-order valence-corrected chi connectivity index (χ4v) is 4.07. The highest BCUT2D eigenvalue weighted by Crippen LogP contribution is 2.35. The van der Waals surface area contributed by atoms with Crippen LogP contribution in [-0.4, -0.2) is 4.98 Å². The minimum atomic E-state index is 0.256. The number of H-pyrrole nitrogens is 1. The number of alkyl halides is 1. The van der Waals surface area contributed by atoms with Gasteiger partial charge in [-0.05, 0) is 46.2 Å². The maximum atomic E-state index is 3.81. The quantitative estimate of drug-likeness (QED) is 0.439. The van der Waals surface area contributed by atoms with Gasteiger partial charge in [0, 0.05) is 21.8 Å². The molecular formula is C17H12BrNS. The summed E-state index contributed by atoms with van der Waals surface area (Å²) in [5, 5.41) is 6.89. The Morgan fingerprint density at radius 1 is 0.900 bits per heavy atom. The summed E-state index contributed by atoms with van der Waals surface area (Å²) in [7, 11) is 0. The number of halogens is 1. The maximum Gasteiger partial charge on any atom is 0.0652 e. The lowest BCUT2D eigenvalue weighted by atomic mass is 10.0. The van der Waals surface area contributed by atoms with Gasteiger partial charge in [-0.1, -0.05) is 40.2 Å². The molecule has 0 bridgehead atoms. The molecule has 0 fully saturated rings. The highest BCUT2D eigenvalue weighted by Gasteiger charge is 2.12. The van der Waals surface area contributed by atoms with Gasteiger partial charge in [-0.15, -0.1) is 0 Å². The van der Waals surface area contributed by atoms with Crippen LogP contribution in [0.15, 0.2) is 59.3 Å². The van der Waals surface area contributed by atoms with Crippen LogP contribution >= 0.6 is 27.3 Å². The number of fused-ring (bicyclic) bond motifs is 3. The van der Waals surface area contributed by atoms with E-state index in [0.29, 0.717) is 0 Å². The molecule has 1 atom stereocenters. The lowest BCUT2D eigenvalue weighted by molar-refractivity contribution is 1.20. The summed E-state index contributed by atoms with van der Waals surface area (Å²) < 4.78 is 0. The number of thiophene rings is 1. The Labute approximate surface area is 129 Å². The molecule has 4 aromatic rings. The van der Waals surface area contributed by atoms with E-state index in [1.807, 2.05) is 0 Å². The van der Waals surface area contributed by atoms with Crippen molar-refractivity contribution in [1.29, 1.82) is 0 Å². The lowest BCUT2D eigenvalue weighted by Crippen LogP contribution is -1.89. The zero-order valence-electron chi connectivity index (χ0n) is 10.6. The van der Waals surface area contributed by atoms with Crippen molar-refractivity contribution in [3.05, 3.63) is 70.4 Å². The average molecular weight is 342 g/mol. The van der Waals surface area contributed by atoms with Gasteiger partial charge in [-0.3, -0.25) is 0 Å². The minimum absolute atomic E-state index is 0.256. The highest BCUT2D eigenvalue weighted by molar-refractivity contribution is 9.09. The zero-order valence-corrected chi connectivity index (χ0v) is 13.0. The van der Waals surface area contributed by atoms with Gasteiger partial charge in [-0.2, -0.15) is 11.3 Å². The van der Waals surface area contributed by atoms with Crippen molar-refractivity contribution in [2.45, 2.75) is 4.83 Å². The third-order valence-corrected chi connectivity index (χ3v) is 5.42. The predicted molar refractivity (Wildman–Crippen MR) is 90.9 cm³/mol. The predicted octanol–water partition coefficient (Wildman–Crippen LogP) is 5.87. The molecule has 20 heavy (non-hydrogen) atoms. The first-order chi connectivity index (χ1) is 9.83. The van der Waals surface area contributed by atoms with Crippen LogP contribution in [0, 0.1) is 0 Å². The van der Waals surface area contributed by atoms with Gasteiger partial charge in [0.05, 0.1) is 4.83 Å². The van der Waals surface area contributed by atoms with Crippen LogP contribution in [0.1, 0.15) is 16.0 Å². The Morgan fingerprint density at radius 3 is 2.60 bits per heavy atom. The van der Waals surface area contributed by atoms with E-state index < -0.39 is 0 Å². The summed E-state index contributed by atoms with van der Waals surface area (Å²) in [6, 6.07) is 17.3. The molecule has 1 unspecified atom stereocenters. The number of rotatable bonds is 2. The molecule has 0 aliphatic carbocycles. The number of benzene rings is 2. The van der Waals surface area contributed by atoms with Crippen molar-refractivity contribution in [2.24, 2.45) is 0 Å². The van der Waals surface area contributed by atoms with E-state index in [1.54, 1.807) is 11.3 Å². The van der Waals surface area contributed by atoms with E-state index >= 15 is 0 Å². The van der Waals surface area contributed by atoms with Crippen molar-refractivity contribution in [1.82, 2.24) is 4.98 Å². The molecule has 98 valence electrons. The largest absolute Gasteiger partial charge is 0.355 e. The van der Waals surface area contributed by atoms with E-state index in [2.05, 4.69) is 80.2 Å². The minimum Gasteiger partial charge on any atom is -0.355 e. The Balaban J connectivity index is 1.91. The molecule has 0 amide bonds. The van der Waals surface area contributed by atoms with E-state index in [0.717, 1.165) is 0 Å². The van der Waals surface area contributed by atoms with Gasteiger partial charge in [0.1, 0.15) is 0 Å². The van der Waals surface area contributed by atoms with Gasteiger partial charge in [0.2, 0.25) is 0 Å². The zero-order chi connectivity index (χ0) is 13.5. The lowest BCUT2D eigenvalue weighted by Gasteiger charge is -2.08. The highest BCUT2D eigenvalue weighted by atomic mass is 79.9. The van der Waals surface area contributed by atoms with Crippen LogP contribution < -0.4 is 0 Å². The van der Waals surface area contributed by atoms with Crippen LogP contribution in [0.25, 0.3) is 21.8 Å². The second-order valence-electron chi connectivity index (χ2n) is 4.89. The van der Waals surface area contributed by atoms with Crippen molar-refractivity contribution >= 4 is 49.1 Å². The number of hydrogen-bond donors (Lipinski definition) is 1. The van der Waals surface area contributed by atoms with E-state index in [1.165, 1.54) is 32.9 Å². The molecule has 4 rings (SSSR count). The number of hydrogen-bond acceptors (Lipinski definition) is 1. The molecule has 2 aromatic carbocycles. The molecular weight excluding hydrogens is 330 g/mol. The summed E-state index contributed by atoms with van der Waals surface area (Å²) in [5.41, 5.74) is 5.00. The molecule has 2 aromatic heterocycles. The number of aromatic nitrogens is 1. The van der Waals surface area contributed by atoms with Crippen LogP contribution in [0.5, 0.6) is 0 Å². The third kappa shape index (κ3) is 1.89. The number of nitrogens with one attached hydrogen (secondary N) is 1. The second kappa shape index (κ2) is 4.76. The number of aromatic amines is 1. The Hall–Kier alpha value is -1.58. The second-order valence-corrected chi connectivity index (χ2v) is 6.59. The van der Waals surface area contributed by atoms with Crippen molar-refractivity contribution in [2.75, 3.05) is 0 Å². The summed E-state index contributed by atoms with van der Waals surface area (Å²) in [6.45, 7) is 0. The van der Waals surface area contributed by atoms with Crippen molar-refractivity contribution in [3.8, 4) is 0 Å². The average Bonchev–Trinajstić information content (AvgIpc) is 3.13. The normalized spacial score (nSPS) is 13.1. The van der Waals surface area contributed by atoms with E-state index in [4.69, 9.17) is 0 Å². The first-order valence-corrected chi connectivity index (χ1v) is 8.35. The molecule has 0 saturated carbocycles. The number of para-hydroxylation sites is 1. The molecule has 0 radical (unpaired) electrons. The smallest absolute Gasteiger partial charge is 0.0652 e. The van der Waals surface area contributed by atoms with E-state index in [9.17, 15) is 0 Å².